The van der Waals surface area contributed by atoms with Gasteiger partial charge in [-0.1, -0.05) is 0 Å². The van der Waals surface area contributed by atoms with Crippen LogP contribution >= 0.6 is 16.8 Å². The molecule has 1 rings (SSSR count). The predicted molar refractivity (Wildman–Crippen MR) is 106 cm³/mol. The second kappa shape index (κ2) is 5.14. The van der Waals surface area contributed by atoms with Crippen molar-refractivity contribution in [1.82, 2.24) is 0 Å². The SMILES string of the molecule is C[C](C)(C)[Ge]1([C](C)(C)C)[S][Ge]([C](C)(C)C)([C](C)(C)C)[S]1. The van der Waals surface area contributed by atoms with Crippen LogP contribution < -0.4 is 0 Å². The minimum absolute atomic E-state index is 0.527. The van der Waals surface area contributed by atoms with E-state index >= 15 is 0 Å². The first-order chi connectivity index (χ1) is 8.41. The summed E-state index contributed by atoms with van der Waals surface area (Å²) in [6.07, 6.45) is 0. The van der Waals surface area contributed by atoms with E-state index in [0.29, 0.717) is 17.0 Å². The molecule has 0 atom stereocenters. The van der Waals surface area contributed by atoms with Crippen molar-refractivity contribution in [1.29, 1.82) is 0 Å². The zero-order valence-electron chi connectivity index (χ0n) is 15.8. The Morgan fingerprint density at radius 1 is 0.400 bits per heavy atom. The van der Waals surface area contributed by atoms with Crippen LogP contribution in [0.1, 0.15) is 83.1 Å². The molecule has 1 aliphatic heterocycles. The van der Waals surface area contributed by atoms with Gasteiger partial charge in [-0.3, -0.25) is 0 Å². The van der Waals surface area contributed by atoms with Gasteiger partial charge in [0.2, 0.25) is 0 Å². The average Bonchev–Trinajstić information content (AvgIpc) is 1.87. The molecule has 1 aliphatic rings. The summed E-state index contributed by atoms with van der Waals surface area (Å²) < 4.78 is 2.11. The van der Waals surface area contributed by atoms with E-state index in [2.05, 4.69) is 99.9 Å². The predicted octanol–water partition coefficient (Wildman–Crippen LogP) is 7.55. The summed E-state index contributed by atoms with van der Waals surface area (Å²) in [5.41, 5.74) is 0. The Morgan fingerprint density at radius 3 is 0.650 bits per heavy atom. The van der Waals surface area contributed by atoms with Gasteiger partial charge < -0.3 is 0 Å². The molecular weight excluding hydrogens is 402 g/mol. The van der Waals surface area contributed by atoms with Crippen LogP contribution in [0.15, 0.2) is 0 Å². The molecule has 1 heterocycles. The fourth-order valence-corrected chi connectivity index (χ4v) is 178. The molecule has 1 fully saturated rings. The van der Waals surface area contributed by atoms with Gasteiger partial charge in [0, 0.05) is 0 Å². The third-order valence-corrected chi connectivity index (χ3v) is 120. The van der Waals surface area contributed by atoms with E-state index in [1.54, 1.807) is 0 Å². The quantitative estimate of drug-likeness (QED) is 0.359. The van der Waals surface area contributed by atoms with Crippen molar-refractivity contribution in [3.8, 4) is 0 Å². The van der Waals surface area contributed by atoms with E-state index < -0.39 is 22.0 Å². The maximum atomic E-state index is 2.63. The van der Waals surface area contributed by atoms with Gasteiger partial charge >= 0.3 is 139 Å². The van der Waals surface area contributed by atoms with Crippen molar-refractivity contribution in [2.75, 3.05) is 0 Å². The molecule has 0 aromatic rings. The molecule has 0 aliphatic carbocycles. The van der Waals surface area contributed by atoms with Gasteiger partial charge in [0.15, 0.2) is 0 Å². The Balaban J connectivity index is 3.33. The van der Waals surface area contributed by atoms with Gasteiger partial charge in [-0.15, -0.1) is 0 Å². The molecule has 0 spiro atoms. The molecule has 0 saturated carbocycles. The van der Waals surface area contributed by atoms with Crippen LogP contribution in [-0.4, -0.2) is 22.0 Å². The van der Waals surface area contributed by atoms with Crippen molar-refractivity contribution in [3.05, 3.63) is 0 Å². The second-order valence-electron chi connectivity index (χ2n) is 10.4. The molecule has 1 saturated heterocycles. The first-order valence-electron chi connectivity index (χ1n) is 7.82. The second-order valence-corrected chi connectivity index (χ2v) is 59.9. The third-order valence-electron chi connectivity index (χ3n) is 4.52. The van der Waals surface area contributed by atoms with E-state index in [0.717, 1.165) is 0 Å². The number of rotatable bonds is 0. The van der Waals surface area contributed by atoms with Gasteiger partial charge in [0.1, 0.15) is 0 Å². The van der Waals surface area contributed by atoms with E-state index in [-0.39, 0.29) is 0 Å². The summed E-state index contributed by atoms with van der Waals surface area (Å²) in [6.45, 7) is 30.3. The maximum absolute atomic E-state index is 2.63. The van der Waals surface area contributed by atoms with Crippen LogP contribution in [0.5, 0.6) is 0 Å². The molecule has 0 unspecified atom stereocenters. The van der Waals surface area contributed by atoms with Crippen molar-refractivity contribution < 1.29 is 0 Å². The normalized spacial score (nSPS) is 23.4. The molecule has 4 heteroatoms. The molecule has 0 aromatic carbocycles. The Kier molecular flexibility index (Phi) is 5.10. The molecule has 0 nitrogen and oxygen atoms in total. The molecule has 0 radical (unpaired) electrons. The molecular formula is C16H36Ge2S2. The molecule has 20 heavy (non-hydrogen) atoms. The number of hydrogen-bond acceptors (Lipinski definition) is 2. The van der Waals surface area contributed by atoms with Gasteiger partial charge in [-0.25, -0.2) is 0 Å². The van der Waals surface area contributed by atoms with Crippen LogP contribution in [-0.2, 0) is 0 Å². The van der Waals surface area contributed by atoms with Gasteiger partial charge in [0.05, 0.1) is 0 Å². The van der Waals surface area contributed by atoms with Crippen molar-refractivity contribution in [3.63, 3.8) is 0 Å². The first-order valence-corrected chi connectivity index (χ1v) is 23.9. The summed E-state index contributed by atoms with van der Waals surface area (Å²) in [5.74, 6) is 0. The van der Waals surface area contributed by atoms with Crippen molar-refractivity contribution in [2.24, 2.45) is 0 Å². The van der Waals surface area contributed by atoms with Gasteiger partial charge in [-0.2, -0.15) is 0 Å². The Bertz CT molecular complexity index is 301. The van der Waals surface area contributed by atoms with Crippen LogP contribution in [0.2, 0.25) is 17.0 Å². The third kappa shape index (κ3) is 2.82. The van der Waals surface area contributed by atoms with E-state index in [1.165, 1.54) is 0 Å². The minimum atomic E-state index is -2.00. The van der Waals surface area contributed by atoms with E-state index in [9.17, 15) is 0 Å². The fraction of sp³-hybridized carbons (Fsp3) is 1.00. The Hall–Kier alpha value is 1.79. The zero-order chi connectivity index (χ0) is 16.4. The first kappa shape index (κ1) is 19.8. The van der Waals surface area contributed by atoms with E-state index in [1.807, 2.05) is 0 Å². The summed E-state index contributed by atoms with van der Waals surface area (Å²) >= 11 is 0. The molecule has 0 bridgehead atoms. The fourth-order valence-electron chi connectivity index (χ4n) is 3.89. The zero-order valence-corrected chi connectivity index (χ0v) is 21.6. The molecule has 120 valence electrons. The van der Waals surface area contributed by atoms with Gasteiger partial charge in [-0.05, 0) is 0 Å². The molecule has 0 N–H and O–H groups in total. The van der Waals surface area contributed by atoms with Crippen molar-refractivity contribution >= 4 is 38.8 Å². The summed E-state index contributed by atoms with van der Waals surface area (Å²) in [6, 6.07) is 0. The standard InChI is InChI=1S/C16H36Ge2S2/c1-13(2,3)17(14(4,5)6)19-18(20-17,15(7,8)9)16(10,11)12/h1-12H3. The van der Waals surface area contributed by atoms with Crippen LogP contribution in [0.4, 0.5) is 0 Å². The molecule has 0 aromatic heterocycles. The van der Waals surface area contributed by atoms with Crippen LogP contribution in [0, 0.1) is 0 Å². The number of hydrogen-bond donors (Lipinski definition) is 0. The van der Waals surface area contributed by atoms with E-state index in [4.69, 9.17) is 0 Å². The van der Waals surface area contributed by atoms with Crippen LogP contribution in [0.25, 0.3) is 0 Å². The average molecular weight is 438 g/mol. The molecule has 0 amide bonds. The summed E-state index contributed by atoms with van der Waals surface area (Å²) in [7, 11) is 1.28. The van der Waals surface area contributed by atoms with Crippen molar-refractivity contribution in [2.45, 2.75) is 100 Å². The summed E-state index contributed by atoms with van der Waals surface area (Å²) in [4.78, 5) is 0. The Labute approximate surface area is 138 Å². The van der Waals surface area contributed by atoms with Crippen LogP contribution in [0.3, 0.4) is 0 Å². The monoisotopic (exact) mass is 440 g/mol. The Morgan fingerprint density at radius 2 is 0.550 bits per heavy atom. The van der Waals surface area contributed by atoms with Gasteiger partial charge in [0.25, 0.3) is 0 Å². The summed E-state index contributed by atoms with van der Waals surface area (Å²) in [5, 5.41) is 0. The topological polar surface area (TPSA) is 0 Å².